The Bertz CT molecular complexity index is 1070. The molecule has 18 nitrogen and oxygen atoms in total. The van der Waals surface area contributed by atoms with Gasteiger partial charge in [-0.1, -0.05) is 13.8 Å². The van der Waals surface area contributed by atoms with Gasteiger partial charge in [0.1, 0.15) is 0 Å². The van der Waals surface area contributed by atoms with E-state index in [1.807, 2.05) is 0 Å². The normalized spacial score (nSPS) is 21.4. The van der Waals surface area contributed by atoms with Crippen molar-refractivity contribution in [1.29, 1.82) is 0 Å². The van der Waals surface area contributed by atoms with Gasteiger partial charge in [-0.3, -0.25) is 0 Å². The minimum atomic E-state index is -2.70. The molecule has 2 aliphatic carbocycles. The van der Waals surface area contributed by atoms with E-state index in [0.29, 0.717) is 62.3 Å². The maximum absolute atomic E-state index is 11.2. The zero-order valence-electron chi connectivity index (χ0n) is 44.4. The summed E-state index contributed by atoms with van der Waals surface area (Å²) in [5, 5.41) is 22.5. The van der Waals surface area contributed by atoms with Crippen LogP contribution < -0.4 is 0 Å². The molecule has 0 spiro atoms. The second-order valence-corrected chi connectivity index (χ2v) is 31.3. The van der Waals surface area contributed by atoms with Crippen molar-refractivity contribution >= 4 is 35.2 Å². The molecule has 2 fully saturated rings. The van der Waals surface area contributed by atoms with Gasteiger partial charge in [-0.15, -0.1) is 0 Å². The van der Waals surface area contributed by atoms with Crippen molar-refractivity contribution in [2.45, 2.75) is 139 Å². The molecule has 22 heteroatoms. The largest absolute Gasteiger partial charge is 0.500 e. The lowest BCUT2D eigenvalue weighted by Gasteiger charge is -2.46. The molecule has 2 saturated carbocycles. The van der Waals surface area contributed by atoms with Gasteiger partial charge in [-0.05, 0) is 120 Å². The van der Waals surface area contributed by atoms with Crippen LogP contribution in [0.4, 0.5) is 0 Å². The summed E-state index contributed by atoms with van der Waals surface area (Å²) in [4.78, 5) is 4.55. The van der Waals surface area contributed by atoms with Gasteiger partial charge in [0.25, 0.3) is 0 Å². The molecule has 400 valence electrons. The molecule has 0 bridgehead atoms. The number of ether oxygens (including phenoxy) is 2. The van der Waals surface area contributed by atoms with Crippen LogP contribution in [0.3, 0.4) is 0 Å². The Kier molecular flexibility index (Phi) is 31.2. The van der Waals surface area contributed by atoms with E-state index in [0.717, 1.165) is 103 Å². The van der Waals surface area contributed by atoms with Crippen LogP contribution in [-0.4, -0.2) is 217 Å². The quantitative estimate of drug-likeness (QED) is 0.0729. The molecule has 2 atom stereocenters. The summed E-state index contributed by atoms with van der Waals surface area (Å²) in [6.07, 6.45) is 10.9. The summed E-state index contributed by atoms with van der Waals surface area (Å²) in [6, 6.07) is 2.72. The third kappa shape index (κ3) is 20.9. The third-order valence-corrected chi connectivity index (χ3v) is 26.3. The fourth-order valence-electron chi connectivity index (χ4n) is 10.4. The highest BCUT2D eigenvalue weighted by Crippen LogP contribution is 2.49. The molecule has 2 aliphatic rings. The van der Waals surface area contributed by atoms with Crippen molar-refractivity contribution in [3.63, 3.8) is 0 Å². The van der Waals surface area contributed by atoms with Crippen molar-refractivity contribution in [1.82, 2.24) is 9.80 Å². The first kappa shape index (κ1) is 63.3. The summed E-state index contributed by atoms with van der Waals surface area (Å²) < 4.78 is 80.6. The molecule has 0 heterocycles. The minimum absolute atomic E-state index is 0.156. The van der Waals surface area contributed by atoms with E-state index in [9.17, 15) is 10.2 Å². The summed E-state index contributed by atoms with van der Waals surface area (Å²) in [5.41, 5.74) is 0.212. The van der Waals surface area contributed by atoms with Crippen molar-refractivity contribution in [2.75, 3.05) is 138 Å². The average Bonchev–Trinajstić information content (AvgIpc) is 3.36. The van der Waals surface area contributed by atoms with Gasteiger partial charge >= 0.3 is 35.2 Å². The Labute approximate surface area is 410 Å². The first-order valence-corrected chi connectivity index (χ1v) is 32.4. The van der Waals surface area contributed by atoms with E-state index in [4.69, 9.17) is 62.6 Å². The molecule has 67 heavy (non-hydrogen) atoms. The number of aliphatic hydroxyl groups is 2. The smallest absolute Gasteiger partial charge is 0.389 e. The van der Waals surface area contributed by atoms with Crippen LogP contribution in [0, 0.1) is 17.3 Å². The Morgan fingerprint density at radius 3 is 0.836 bits per heavy atom. The molecular weight excluding hydrogens is 937 g/mol. The second kappa shape index (κ2) is 33.1. The van der Waals surface area contributed by atoms with E-state index >= 15 is 0 Å². The van der Waals surface area contributed by atoms with Gasteiger partial charge in [-0.25, -0.2) is 0 Å². The number of nitrogens with zero attached hydrogens (tertiary/aromatic N) is 2. The van der Waals surface area contributed by atoms with Crippen LogP contribution >= 0.6 is 0 Å². The lowest BCUT2D eigenvalue weighted by Crippen LogP contribution is -2.45. The topological polar surface area (TPSA) is 176 Å². The van der Waals surface area contributed by atoms with Crippen LogP contribution in [0.1, 0.15) is 90.9 Å². The van der Waals surface area contributed by atoms with E-state index in [2.05, 4.69) is 23.6 Å². The zero-order valence-corrected chi connectivity index (χ0v) is 48.4. The highest BCUT2D eigenvalue weighted by molar-refractivity contribution is 6.61. The highest BCUT2D eigenvalue weighted by Gasteiger charge is 2.43. The van der Waals surface area contributed by atoms with Crippen molar-refractivity contribution < 1.29 is 72.8 Å². The first-order valence-electron chi connectivity index (χ1n) is 24.7. The molecular formula is C45H98N2O16Si4. The van der Waals surface area contributed by atoms with Crippen molar-refractivity contribution in [3.05, 3.63) is 0 Å². The average molecular weight is 1040 g/mol. The SMILES string of the molecule is CO[Si](CCCN(CCC[Si](OC)(OC)OC)CC(O)COC1CCC(C(C)(C)C2CCC(OCC(O)CN(CCC[Si](OC)(OC)OC)CCC[Si](OC)(OC)OC)CC2)CC1)(OC)OC. The molecule has 2 unspecified atom stereocenters. The zero-order chi connectivity index (χ0) is 50.0. The summed E-state index contributed by atoms with van der Waals surface area (Å²) in [5.74, 6) is 1.25. The van der Waals surface area contributed by atoms with Crippen molar-refractivity contribution in [3.8, 4) is 0 Å². The van der Waals surface area contributed by atoms with Gasteiger partial charge in [0, 0.05) is 123 Å². The van der Waals surface area contributed by atoms with Gasteiger partial charge in [0.05, 0.1) is 37.6 Å². The molecule has 2 rings (SSSR count). The lowest BCUT2D eigenvalue weighted by atomic mass is 9.60. The highest BCUT2D eigenvalue weighted by atomic mass is 28.4. The van der Waals surface area contributed by atoms with E-state index in [1.165, 1.54) is 0 Å². The van der Waals surface area contributed by atoms with Gasteiger partial charge in [0.2, 0.25) is 0 Å². The Morgan fingerprint density at radius 2 is 0.627 bits per heavy atom. The first-order chi connectivity index (χ1) is 32.0. The summed E-state index contributed by atoms with van der Waals surface area (Å²) >= 11 is 0. The molecule has 0 aromatic heterocycles. The molecule has 0 aromatic rings. The maximum atomic E-state index is 11.2. The fourth-order valence-corrected chi connectivity index (χ4v) is 17.2. The molecule has 0 saturated heterocycles. The second-order valence-electron chi connectivity index (χ2n) is 18.9. The molecule has 2 N–H and O–H groups in total. The van der Waals surface area contributed by atoms with Gasteiger partial charge in [0.15, 0.2) is 0 Å². The van der Waals surface area contributed by atoms with Gasteiger partial charge < -0.3 is 82.6 Å². The summed E-state index contributed by atoms with van der Waals surface area (Å²) in [7, 11) is 8.83. The van der Waals surface area contributed by atoms with E-state index in [1.54, 1.807) is 85.3 Å². The predicted octanol–water partition coefficient (Wildman–Crippen LogP) is 5.56. The Morgan fingerprint density at radius 1 is 0.403 bits per heavy atom. The van der Waals surface area contributed by atoms with Crippen LogP contribution in [0.5, 0.6) is 0 Å². The number of hydrogen-bond donors (Lipinski definition) is 2. The predicted molar refractivity (Wildman–Crippen MR) is 267 cm³/mol. The van der Waals surface area contributed by atoms with Crippen LogP contribution in [-0.2, 0) is 62.6 Å². The Hall–Kier alpha value is 0.148. The third-order valence-electron chi connectivity index (χ3n) is 15.0. The minimum Gasteiger partial charge on any atom is -0.389 e. The lowest BCUT2D eigenvalue weighted by molar-refractivity contribution is -0.0647. The fraction of sp³-hybridized carbons (Fsp3) is 1.00. The van der Waals surface area contributed by atoms with Crippen LogP contribution in [0.15, 0.2) is 0 Å². The maximum Gasteiger partial charge on any atom is 0.500 e. The molecule has 0 aliphatic heterocycles. The number of rotatable bonds is 40. The number of hydrogen-bond acceptors (Lipinski definition) is 18. The van der Waals surface area contributed by atoms with E-state index < -0.39 is 47.4 Å². The monoisotopic (exact) mass is 1030 g/mol. The summed E-state index contributed by atoms with van der Waals surface area (Å²) in [6.45, 7) is 9.57. The molecule has 0 aromatic carbocycles. The van der Waals surface area contributed by atoms with E-state index in [-0.39, 0.29) is 17.6 Å². The Balaban J connectivity index is 1.86. The number of aliphatic hydroxyl groups excluding tert-OH is 2. The van der Waals surface area contributed by atoms with Crippen LogP contribution in [0.2, 0.25) is 24.2 Å². The van der Waals surface area contributed by atoms with Gasteiger partial charge in [-0.2, -0.15) is 0 Å². The standard InChI is InChI=1S/C45H98N2O16Si4/c1-45(2,39-19-23-43(24-20-39)62-37-41(48)35-46(27-15-31-64(50-3,51-4)52-5)28-16-32-65(53-6,54-7)55-8)40-21-25-44(26-22-40)63-38-42(49)36-47(29-17-33-66(56-9,57-10)58-11)30-18-34-67(59-12,60-13)61-14/h39-44,48-49H,15-38H2,1-14H3. The van der Waals surface area contributed by atoms with Crippen molar-refractivity contribution in [2.24, 2.45) is 17.3 Å². The van der Waals surface area contributed by atoms with Crippen LogP contribution in [0.25, 0.3) is 0 Å². The molecule has 0 amide bonds. The molecule has 0 radical (unpaired) electrons.